The van der Waals surface area contributed by atoms with Crippen molar-refractivity contribution in [2.45, 2.75) is 234 Å². The second-order valence-electron chi connectivity index (χ2n) is 37.0. The van der Waals surface area contributed by atoms with Crippen LogP contribution in [0.25, 0.3) is 21.5 Å². The Labute approximate surface area is 746 Å². The number of likely N-dealkylation sites (N-methyl/N-ethyl adjacent to an activating group) is 3. The zero-order chi connectivity index (χ0) is 93.8. The molecular weight excluding hydrogens is 1640 g/mol. The first-order valence-corrected chi connectivity index (χ1v) is 42.9. The van der Waals surface area contributed by atoms with E-state index in [2.05, 4.69) is 42.2 Å². The fraction of sp³-hybridized carbons (Fsp3) is 0.474. The molecule has 0 radical (unpaired) electrons. The maximum Gasteiger partial charge on any atom is 0.410 e. The predicted octanol–water partition coefficient (Wildman–Crippen LogP) is 9.31. The Morgan fingerprint density at radius 1 is 0.617 bits per heavy atom. The molecule has 6 aliphatic rings. The minimum Gasteiger partial charge on any atom is -0.487 e. The number of benzene rings is 6. The van der Waals surface area contributed by atoms with Crippen molar-refractivity contribution in [3.63, 3.8) is 0 Å². The monoisotopic (exact) mass is 1760 g/mol. The number of esters is 2. The van der Waals surface area contributed by atoms with Crippen LogP contribution < -0.4 is 41.4 Å². The van der Waals surface area contributed by atoms with E-state index in [4.69, 9.17) is 33.4 Å². The summed E-state index contributed by atoms with van der Waals surface area (Å²) in [4.78, 5) is 188. The Balaban J connectivity index is 1.06. The molecular formula is C95H122N15O18+. The SMILES string of the molecule is CCC(C)=NC1=CN(C)C2CC(=[N+](C(=O)C(NC(=O)C(C)N(C)C(=O)OC(C)(C)C)C(C)(C)C)C2)C(=O)NC(Cc2ccc3ccccc3c2)C(=O)NC(C(=O)OC)Cc2ccc(cc2)OCc2cn(nn2)C2CC(C(=O)NC(Cc3ccc4ccccc4c3)C(=O)NC(C(=O)OC)c3ccc(cc3)O1)N(C(=O)C(NC(=O)C(C)N(C)C(=O)OC(C)(C)C)C(C)(C)C)C2. The molecule has 33 nitrogen and oxygen atoms in total. The molecule has 11 unspecified atom stereocenters. The van der Waals surface area contributed by atoms with Crippen LogP contribution in [0.2, 0.25) is 0 Å². The summed E-state index contributed by atoms with van der Waals surface area (Å²) in [6, 6.07) is 25.5. The molecule has 128 heavy (non-hydrogen) atoms. The molecule has 0 spiro atoms. The summed E-state index contributed by atoms with van der Waals surface area (Å²) in [6.45, 7) is 26.7. The highest BCUT2D eigenvalue weighted by atomic mass is 16.6. The summed E-state index contributed by atoms with van der Waals surface area (Å²) >= 11 is 0. The Morgan fingerprint density at radius 3 is 1.66 bits per heavy atom. The van der Waals surface area contributed by atoms with Crippen LogP contribution in [0, 0.1) is 10.8 Å². The molecule has 1 aromatic heterocycles. The number of methoxy groups -OCH3 is 2. The highest BCUT2D eigenvalue weighted by Crippen LogP contribution is 2.34. The molecule has 13 rings (SSSR count). The van der Waals surface area contributed by atoms with Gasteiger partial charge < -0.3 is 70.1 Å². The maximum absolute atomic E-state index is 15.8. The lowest BCUT2D eigenvalue weighted by molar-refractivity contribution is -0.447. The van der Waals surface area contributed by atoms with E-state index in [-0.39, 0.29) is 74.7 Å². The number of carbonyl (C=O) groups excluding carboxylic acids is 12. The second kappa shape index (κ2) is 41.1. The average Bonchev–Trinajstić information content (AvgIpc) is 1.66. The number of hydrogen-bond donors (Lipinski definition) is 6. The third-order valence-corrected chi connectivity index (χ3v) is 22.7. The Kier molecular flexibility index (Phi) is 31.2. The summed E-state index contributed by atoms with van der Waals surface area (Å²) in [5, 5.41) is 29.8. The van der Waals surface area contributed by atoms with Gasteiger partial charge in [-0.2, -0.15) is 4.58 Å². The largest absolute Gasteiger partial charge is 0.487 e. The van der Waals surface area contributed by atoms with Crippen molar-refractivity contribution < 1.29 is 90.5 Å². The summed E-state index contributed by atoms with van der Waals surface area (Å²) in [5.41, 5.74) is -1.05. The number of carbonyl (C=O) groups is 12. The van der Waals surface area contributed by atoms with Gasteiger partial charge in [-0.05, 0) is 148 Å². The number of likely N-dealkylation sites (tertiary alicyclic amines) is 1. The Morgan fingerprint density at radius 2 is 1.13 bits per heavy atom. The summed E-state index contributed by atoms with van der Waals surface area (Å²) in [7, 11) is 6.84. The van der Waals surface area contributed by atoms with E-state index in [1.807, 2.05) is 91.9 Å². The standard InChI is InChI=1S/C95H121N15O18/c1-22-55(2)96-76-53-105(17)67-48-74(108(51-67)86(117)78(92(5,6)7)101-80(111)56(3)106(18)90(121)127-94(11,12)13)84(115)97-71(46-59-31-35-61-27-23-25-29-64(61)43-59)82(113)99-73(88(119)123-20)45-58-33-39-69(40-34-58)125-54-66-50-110(104-103-66)68-49-75(109(52-68)87(118)79(93(8,9)10)102-81(112)57(4)107(19)91(122)128-95(14,15)16)85(116)98-72(47-60-32-36-62-28-24-26-30-65(62)44-60)83(114)100-77(89(120)124-21)63-37-41-70(126-76)42-38-63/h23-44,50,53,56-57,67-68,71-73,75,77-79H,22,45-49,51-52,54H2,1-21H3,(H5-,97,98,99,100,101,102,111,112,113,114,115,116)/p+1. The van der Waals surface area contributed by atoms with Crippen LogP contribution in [-0.2, 0) is 92.8 Å². The molecule has 7 heterocycles. The van der Waals surface area contributed by atoms with Crippen molar-refractivity contribution >= 4 is 104 Å². The topological polar surface area (TPSA) is 391 Å². The molecule has 1 saturated heterocycles. The van der Waals surface area contributed by atoms with Crippen molar-refractivity contribution in [2.75, 3.05) is 48.5 Å². The number of rotatable bonds is 16. The maximum atomic E-state index is 15.8. The first kappa shape index (κ1) is 97.1. The van der Waals surface area contributed by atoms with Gasteiger partial charge in [0.25, 0.3) is 5.71 Å². The van der Waals surface area contributed by atoms with Crippen molar-refractivity contribution in [1.82, 2.24) is 66.5 Å². The van der Waals surface area contributed by atoms with Crippen LogP contribution in [0.4, 0.5) is 9.59 Å². The number of hydrogen-bond acceptors (Lipinski definition) is 22. The first-order valence-electron chi connectivity index (χ1n) is 42.9. The van der Waals surface area contributed by atoms with Crippen molar-refractivity contribution in [3.05, 3.63) is 180 Å². The molecule has 11 atom stereocenters. The highest BCUT2D eigenvalue weighted by Gasteiger charge is 2.51. The minimum absolute atomic E-state index is 0.0273. The van der Waals surface area contributed by atoms with Gasteiger partial charge in [-0.25, -0.2) is 33.6 Å². The number of ether oxygens (including phenoxy) is 6. The molecule has 10 bridgehead atoms. The number of amides is 10. The molecule has 0 aliphatic carbocycles. The van der Waals surface area contributed by atoms with E-state index < -0.39 is 160 Å². The van der Waals surface area contributed by atoms with E-state index in [0.29, 0.717) is 40.3 Å². The van der Waals surface area contributed by atoms with Gasteiger partial charge >= 0.3 is 35.9 Å². The number of fused-ring (bicyclic) bond motifs is 2. The minimum atomic E-state index is -1.52. The van der Waals surface area contributed by atoms with Crippen LogP contribution in [0.5, 0.6) is 11.5 Å². The Hall–Kier alpha value is -13.1. The van der Waals surface area contributed by atoms with E-state index in [9.17, 15) is 28.8 Å². The number of nitrogens with one attached hydrogen (secondary N) is 6. The van der Waals surface area contributed by atoms with Crippen LogP contribution in [0.3, 0.4) is 0 Å². The molecule has 33 heteroatoms. The van der Waals surface area contributed by atoms with Gasteiger partial charge in [-0.15, -0.1) is 5.10 Å². The fourth-order valence-corrected chi connectivity index (χ4v) is 14.9. The van der Waals surface area contributed by atoms with Gasteiger partial charge in [0.15, 0.2) is 18.6 Å². The lowest BCUT2D eigenvalue weighted by Crippen LogP contribution is -2.61. The van der Waals surface area contributed by atoms with Gasteiger partial charge in [0.05, 0.1) is 45.1 Å². The summed E-state index contributed by atoms with van der Waals surface area (Å²) in [5.74, 6) is -7.16. The molecule has 684 valence electrons. The van der Waals surface area contributed by atoms with Gasteiger partial charge in [0.2, 0.25) is 41.3 Å². The fourth-order valence-electron chi connectivity index (χ4n) is 14.9. The van der Waals surface area contributed by atoms with E-state index >= 15 is 28.8 Å². The Bertz CT molecular complexity index is 5390. The zero-order valence-electron chi connectivity index (χ0n) is 76.9. The van der Waals surface area contributed by atoms with Gasteiger partial charge in [0, 0.05) is 59.1 Å². The van der Waals surface area contributed by atoms with Crippen LogP contribution in [-0.4, -0.2) is 236 Å². The molecule has 6 aromatic carbocycles. The molecule has 6 aliphatic heterocycles. The second-order valence-corrected chi connectivity index (χ2v) is 37.0. The zero-order valence-corrected chi connectivity index (χ0v) is 76.9. The number of nitrogens with zero attached hydrogens (tertiary/aromatic N) is 9. The quantitative estimate of drug-likeness (QED) is 0.0227. The van der Waals surface area contributed by atoms with Crippen LogP contribution >= 0.6 is 0 Å². The lowest BCUT2D eigenvalue weighted by Gasteiger charge is -2.37. The molecule has 1 fully saturated rings. The molecule has 10 amide bonds. The first-order chi connectivity index (χ1) is 60.2. The molecule has 7 aromatic rings. The third kappa shape index (κ3) is 25.2. The van der Waals surface area contributed by atoms with E-state index in [1.54, 1.807) is 151 Å². The van der Waals surface area contributed by atoms with Crippen molar-refractivity contribution in [2.24, 2.45) is 15.8 Å². The van der Waals surface area contributed by atoms with Crippen molar-refractivity contribution in [1.29, 1.82) is 0 Å². The van der Waals surface area contributed by atoms with Crippen LogP contribution in [0.15, 0.2) is 157 Å². The number of aromatic nitrogens is 3. The van der Waals surface area contributed by atoms with Gasteiger partial charge in [-0.1, -0.05) is 163 Å². The highest BCUT2D eigenvalue weighted by molar-refractivity contribution is 6.38. The predicted molar refractivity (Wildman–Crippen MR) is 479 cm³/mol. The number of aliphatic imine (C=N–C) groups is 1. The summed E-state index contributed by atoms with van der Waals surface area (Å²) in [6.07, 6.45) is 1.45. The normalized spacial score (nSPS) is 20.0. The van der Waals surface area contributed by atoms with E-state index in [0.717, 1.165) is 38.5 Å². The van der Waals surface area contributed by atoms with E-state index in [1.165, 1.54) is 61.3 Å². The van der Waals surface area contributed by atoms with Gasteiger partial charge in [0.1, 0.15) is 77.3 Å². The van der Waals surface area contributed by atoms with Crippen LogP contribution in [0.1, 0.15) is 170 Å². The van der Waals surface area contributed by atoms with Gasteiger partial charge in [-0.3, -0.25) is 43.4 Å². The van der Waals surface area contributed by atoms with Crippen molar-refractivity contribution in [3.8, 4) is 11.5 Å². The smallest absolute Gasteiger partial charge is 0.410 e. The summed E-state index contributed by atoms with van der Waals surface area (Å²) < 4.78 is 37.5. The average molecular weight is 1760 g/mol. The molecule has 6 N–H and O–H groups in total. The third-order valence-electron chi connectivity index (χ3n) is 22.7. The lowest BCUT2D eigenvalue weighted by atomic mass is 9.85. The molecule has 0 saturated carbocycles.